The molecule has 8 nitrogen and oxygen atoms in total. The van der Waals surface area contributed by atoms with Gasteiger partial charge in [-0.15, -0.1) is 0 Å². The van der Waals surface area contributed by atoms with Crippen molar-refractivity contribution in [3.05, 3.63) is 88.4 Å². The number of nitrogens with zero attached hydrogens (tertiary/aromatic N) is 1. The van der Waals surface area contributed by atoms with Crippen molar-refractivity contribution < 1.29 is 23.8 Å². The third kappa shape index (κ3) is 6.98. The van der Waals surface area contributed by atoms with E-state index >= 15 is 0 Å². The molecule has 0 saturated heterocycles. The number of carbonyl (C=O) groups excluding carboxylic acids is 2. The number of methoxy groups -OCH3 is 1. The molecule has 33 heavy (non-hydrogen) atoms. The number of hydrogen-bond donors (Lipinski definition) is 2. The van der Waals surface area contributed by atoms with E-state index in [1.54, 1.807) is 36.4 Å². The maximum Gasteiger partial charge on any atom is 0.271 e. The summed E-state index contributed by atoms with van der Waals surface area (Å²) in [6, 6.07) is 19.3. The van der Waals surface area contributed by atoms with Gasteiger partial charge in [0, 0.05) is 16.1 Å². The molecular formula is C24H22ClN3O5. The number of halogens is 1. The van der Waals surface area contributed by atoms with Crippen LogP contribution in [-0.2, 0) is 11.4 Å². The summed E-state index contributed by atoms with van der Waals surface area (Å²) in [6.07, 6.45) is 1.36. The van der Waals surface area contributed by atoms with Crippen LogP contribution in [0.25, 0.3) is 0 Å². The van der Waals surface area contributed by atoms with E-state index in [-0.39, 0.29) is 6.61 Å². The minimum Gasteiger partial charge on any atom is -0.493 e. The first-order valence-electron chi connectivity index (χ1n) is 9.85. The molecule has 0 heterocycles. The molecule has 0 radical (unpaired) electrons. The topological polar surface area (TPSA) is 112 Å². The van der Waals surface area contributed by atoms with Crippen molar-refractivity contribution in [3.63, 3.8) is 0 Å². The van der Waals surface area contributed by atoms with E-state index in [0.717, 1.165) is 5.56 Å². The van der Waals surface area contributed by atoms with Gasteiger partial charge in [-0.1, -0.05) is 41.9 Å². The fraction of sp³-hybridized carbons (Fsp3) is 0.125. The summed E-state index contributed by atoms with van der Waals surface area (Å²) in [4.78, 5) is 23.5. The van der Waals surface area contributed by atoms with Gasteiger partial charge in [-0.25, -0.2) is 5.43 Å². The second kappa shape index (κ2) is 11.5. The molecule has 0 aliphatic carbocycles. The van der Waals surface area contributed by atoms with Crippen molar-refractivity contribution in [2.45, 2.75) is 6.61 Å². The lowest BCUT2D eigenvalue weighted by Gasteiger charge is -2.12. The predicted octanol–water partition coefficient (Wildman–Crippen LogP) is 3.56. The molecule has 3 N–H and O–H groups in total. The Bertz CT molecular complexity index is 1150. The van der Waals surface area contributed by atoms with E-state index in [4.69, 9.17) is 31.5 Å². The molecule has 3 rings (SSSR count). The van der Waals surface area contributed by atoms with Crippen molar-refractivity contribution in [3.8, 4) is 17.2 Å². The first-order chi connectivity index (χ1) is 16.0. The Kier molecular flexibility index (Phi) is 8.26. The number of amides is 2. The van der Waals surface area contributed by atoms with Gasteiger partial charge in [0.1, 0.15) is 12.4 Å². The molecule has 0 saturated carbocycles. The number of nitrogens with one attached hydrogen (secondary N) is 1. The number of hydrazone groups is 1. The maximum absolute atomic E-state index is 12.5. The van der Waals surface area contributed by atoms with Gasteiger partial charge >= 0.3 is 0 Å². The van der Waals surface area contributed by atoms with Gasteiger partial charge in [0.15, 0.2) is 18.1 Å². The van der Waals surface area contributed by atoms with Crippen LogP contribution in [0.3, 0.4) is 0 Å². The smallest absolute Gasteiger partial charge is 0.271 e. The lowest BCUT2D eigenvalue weighted by atomic mass is 10.2. The Morgan fingerprint density at radius 1 is 1.00 bits per heavy atom. The SMILES string of the molecule is COc1cc(C(=O)N/N=C/c2cc(Cl)ccc2OCC(N)=O)ccc1OCc1ccccc1. The molecule has 0 bridgehead atoms. The monoisotopic (exact) mass is 467 g/mol. The molecule has 9 heteroatoms. The summed E-state index contributed by atoms with van der Waals surface area (Å²) >= 11 is 6.01. The molecule has 0 aliphatic heterocycles. The van der Waals surface area contributed by atoms with Crippen LogP contribution < -0.4 is 25.4 Å². The van der Waals surface area contributed by atoms with Crippen LogP contribution in [0.15, 0.2) is 71.8 Å². The van der Waals surface area contributed by atoms with Gasteiger partial charge < -0.3 is 19.9 Å². The standard InChI is InChI=1S/C24H22ClN3O5/c1-31-22-12-17(7-9-21(22)32-14-16-5-3-2-4-6-16)24(30)28-27-13-18-11-19(25)8-10-20(18)33-15-23(26)29/h2-13H,14-15H2,1H3,(H2,26,29)(H,28,30)/b27-13+. The Morgan fingerprint density at radius 2 is 1.76 bits per heavy atom. The molecule has 2 amide bonds. The van der Waals surface area contributed by atoms with Crippen LogP contribution in [0, 0.1) is 0 Å². The summed E-state index contributed by atoms with van der Waals surface area (Å²) in [5, 5.41) is 4.38. The molecule has 0 aliphatic rings. The molecule has 3 aromatic rings. The highest BCUT2D eigenvalue weighted by Gasteiger charge is 2.11. The Hall–Kier alpha value is -4.04. The Balaban J connectivity index is 1.66. The summed E-state index contributed by atoms with van der Waals surface area (Å²) in [6.45, 7) is 0.0696. The van der Waals surface area contributed by atoms with Crippen LogP contribution in [0.5, 0.6) is 17.2 Å². The lowest BCUT2D eigenvalue weighted by molar-refractivity contribution is -0.119. The first-order valence-corrected chi connectivity index (χ1v) is 10.2. The highest BCUT2D eigenvalue weighted by Crippen LogP contribution is 2.29. The predicted molar refractivity (Wildman–Crippen MR) is 125 cm³/mol. The molecule has 170 valence electrons. The summed E-state index contributed by atoms with van der Waals surface area (Å²) < 4.78 is 16.5. The molecule has 0 spiro atoms. The summed E-state index contributed by atoms with van der Waals surface area (Å²) in [5.74, 6) is 0.195. The lowest BCUT2D eigenvalue weighted by Crippen LogP contribution is -2.20. The van der Waals surface area contributed by atoms with Crippen LogP contribution >= 0.6 is 11.6 Å². The van der Waals surface area contributed by atoms with Gasteiger partial charge in [0.25, 0.3) is 11.8 Å². The summed E-state index contributed by atoms with van der Waals surface area (Å²) in [5.41, 5.74) is 9.34. The zero-order chi connectivity index (χ0) is 23.6. The zero-order valence-corrected chi connectivity index (χ0v) is 18.5. The molecular weight excluding hydrogens is 446 g/mol. The number of carbonyl (C=O) groups is 2. The average Bonchev–Trinajstić information content (AvgIpc) is 2.82. The zero-order valence-electron chi connectivity index (χ0n) is 17.8. The number of rotatable bonds is 10. The average molecular weight is 468 g/mol. The van der Waals surface area contributed by atoms with Crippen LogP contribution in [0.4, 0.5) is 0 Å². The van der Waals surface area contributed by atoms with Crippen molar-refractivity contribution >= 4 is 29.6 Å². The normalized spacial score (nSPS) is 10.6. The first kappa shape index (κ1) is 23.6. The van der Waals surface area contributed by atoms with Gasteiger partial charge in [-0.05, 0) is 42.0 Å². The van der Waals surface area contributed by atoms with E-state index in [1.807, 2.05) is 30.3 Å². The van der Waals surface area contributed by atoms with Crippen molar-refractivity contribution in [1.29, 1.82) is 0 Å². The van der Waals surface area contributed by atoms with Gasteiger partial charge in [-0.2, -0.15) is 5.10 Å². The van der Waals surface area contributed by atoms with E-state index in [2.05, 4.69) is 10.5 Å². The number of hydrogen-bond acceptors (Lipinski definition) is 6. The van der Waals surface area contributed by atoms with E-state index in [1.165, 1.54) is 13.3 Å². The van der Waals surface area contributed by atoms with Gasteiger partial charge in [0.05, 0.1) is 13.3 Å². The van der Waals surface area contributed by atoms with Crippen LogP contribution in [-0.4, -0.2) is 31.7 Å². The quantitative estimate of drug-likeness (QED) is 0.350. The third-order valence-electron chi connectivity index (χ3n) is 4.37. The fourth-order valence-corrected chi connectivity index (χ4v) is 2.97. The largest absolute Gasteiger partial charge is 0.493 e. The third-order valence-corrected chi connectivity index (χ3v) is 4.61. The Labute approximate surface area is 195 Å². The molecule has 0 fully saturated rings. The highest BCUT2D eigenvalue weighted by atomic mass is 35.5. The van der Waals surface area contributed by atoms with Crippen LogP contribution in [0.1, 0.15) is 21.5 Å². The fourth-order valence-electron chi connectivity index (χ4n) is 2.79. The second-order valence-corrected chi connectivity index (χ2v) is 7.21. The molecule has 0 aromatic heterocycles. The van der Waals surface area contributed by atoms with Gasteiger partial charge in [0.2, 0.25) is 0 Å². The minimum absolute atomic E-state index is 0.298. The minimum atomic E-state index is -0.619. The molecule has 0 atom stereocenters. The summed E-state index contributed by atoms with van der Waals surface area (Å²) in [7, 11) is 1.50. The number of benzene rings is 3. The Morgan fingerprint density at radius 3 is 2.48 bits per heavy atom. The van der Waals surface area contributed by atoms with E-state index < -0.39 is 11.8 Å². The molecule has 0 unspecified atom stereocenters. The van der Waals surface area contributed by atoms with Crippen LogP contribution in [0.2, 0.25) is 5.02 Å². The van der Waals surface area contributed by atoms with E-state index in [9.17, 15) is 9.59 Å². The van der Waals surface area contributed by atoms with E-state index in [0.29, 0.717) is 40.0 Å². The van der Waals surface area contributed by atoms with Crippen molar-refractivity contribution in [2.75, 3.05) is 13.7 Å². The van der Waals surface area contributed by atoms with Crippen molar-refractivity contribution in [2.24, 2.45) is 10.8 Å². The second-order valence-electron chi connectivity index (χ2n) is 6.78. The highest BCUT2D eigenvalue weighted by molar-refractivity contribution is 6.30. The number of ether oxygens (including phenoxy) is 3. The number of primary amides is 1. The van der Waals surface area contributed by atoms with Gasteiger partial charge in [-0.3, -0.25) is 9.59 Å². The number of nitrogens with two attached hydrogens (primary N) is 1. The van der Waals surface area contributed by atoms with Crippen molar-refractivity contribution in [1.82, 2.24) is 5.43 Å². The maximum atomic E-state index is 12.5. The molecule has 3 aromatic carbocycles.